The van der Waals surface area contributed by atoms with Crippen LogP contribution in [0, 0.1) is 11.8 Å². The highest BCUT2D eigenvalue weighted by molar-refractivity contribution is 4.79. The molecule has 0 spiro atoms. The van der Waals surface area contributed by atoms with E-state index in [1.165, 1.54) is 58.3 Å². The minimum absolute atomic E-state index is 0.712. The third kappa shape index (κ3) is 3.46. The molecule has 2 heteroatoms. The van der Waals surface area contributed by atoms with Gasteiger partial charge in [0.2, 0.25) is 0 Å². The molecule has 1 aliphatic carbocycles. The zero-order valence-electron chi connectivity index (χ0n) is 11.0. The van der Waals surface area contributed by atoms with Gasteiger partial charge in [-0.15, -0.1) is 0 Å². The molecule has 0 aromatic heterocycles. The van der Waals surface area contributed by atoms with E-state index in [0.29, 0.717) is 6.04 Å². The highest BCUT2D eigenvalue weighted by Crippen LogP contribution is 2.31. The average molecular weight is 224 g/mol. The molecule has 1 N–H and O–H groups in total. The predicted octanol–water partition coefficient (Wildman–Crippen LogP) is 2.50. The van der Waals surface area contributed by atoms with Gasteiger partial charge in [0.25, 0.3) is 0 Å². The summed E-state index contributed by atoms with van der Waals surface area (Å²) in [6.45, 7) is 9.96. The first-order valence-corrected chi connectivity index (χ1v) is 7.21. The molecular formula is C14H28N2. The fraction of sp³-hybridized carbons (Fsp3) is 1.00. The highest BCUT2D eigenvalue weighted by Gasteiger charge is 2.25. The second-order valence-corrected chi connectivity index (χ2v) is 5.97. The summed E-state index contributed by atoms with van der Waals surface area (Å²) in [5.74, 6) is 1.96. The molecule has 0 amide bonds. The summed E-state index contributed by atoms with van der Waals surface area (Å²) < 4.78 is 0. The molecule has 0 aromatic rings. The largest absolute Gasteiger partial charge is 0.314 e. The van der Waals surface area contributed by atoms with Crippen molar-refractivity contribution in [2.75, 3.05) is 26.2 Å². The Kier molecular flexibility index (Phi) is 4.66. The fourth-order valence-electron chi connectivity index (χ4n) is 3.25. The molecule has 2 fully saturated rings. The summed E-state index contributed by atoms with van der Waals surface area (Å²) in [6.07, 6.45) is 7.06. The molecule has 2 rings (SSSR count). The van der Waals surface area contributed by atoms with Gasteiger partial charge in [-0.1, -0.05) is 19.8 Å². The van der Waals surface area contributed by atoms with E-state index in [1.54, 1.807) is 0 Å². The number of hydrogen-bond acceptors (Lipinski definition) is 2. The van der Waals surface area contributed by atoms with Gasteiger partial charge in [0.05, 0.1) is 0 Å². The van der Waals surface area contributed by atoms with Crippen LogP contribution in [-0.4, -0.2) is 37.1 Å². The van der Waals surface area contributed by atoms with E-state index >= 15 is 0 Å². The molecule has 94 valence electrons. The molecule has 1 heterocycles. The van der Waals surface area contributed by atoms with Crippen molar-refractivity contribution in [1.82, 2.24) is 10.2 Å². The van der Waals surface area contributed by atoms with Crippen molar-refractivity contribution in [2.45, 2.75) is 52.0 Å². The van der Waals surface area contributed by atoms with Gasteiger partial charge < -0.3 is 10.2 Å². The first kappa shape index (κ1) is 12.4. The van der Waals surface area contributed by atoms with Crippen molar-refractivity contribution >= 4 is 0 Å². The summed E-state index contributed by atoms with van der Waals surface area (Å²) >= 11 is 0. The number of nitrogens with one attached hydrogen (secondary N) is 1. The lowest BCUT2D eigenvalue weighted by molar-refractivity contribution is 0.188. The Labute approximate surface area is 101 Å². The van der Waals surface area contributed by atoms with E-state index in [1.807, 2.05) is 0 Å². The molecule has 1 aliphatic heterocycles. The Morgan fingerprint density at radius 1 is 1.06 bits per heavy atom. The van der Waals surface area contributed by atoms with Gasteiger partial charge >= 0.3 is 0 Å². The van der Waals surface area contributed by atoms with Crippen molar-refractivity contribution in [1.29, 1.82) is 0 Å². The number of hydrogen-bond donors (Lipinski definition) is 1. The SMILES string of the molecule is CC1CCN(CC2CCCC2C)CCCN1. The molecule has 3 atom stereocenters. The minimum Gasteiger partial charge on any atom is -0.314 e. The zero-order valence-corrected chi connectivity index (χ0v) is 11.0. The molecule has 16 heavy (non-hydrogen) atoms. The summed E-state index contributed by atoms with van der Waals surface area (Å²) in [4.78, 5) is 2.73. The zero-order chi connectivity index (χ0) is 11.4. The van der Waals surface area contributed by atoms with Crippen LogP contribution in [0.25, 0.3) is 0 Å². The Hall–Kier alpha value is -0.0800. The van der Waals surface area contributed by atoms with Gasteiger partial charge in [-0.2, -0.15) is 0 Å². The topological polar surface area (TPSA) is 15.3 Å². The molecule has 0 aromatic carbocycles. The third-order valence-electron chi connectivity index (χ3n) is 4.55. The van der Waals surface area contributed by atoms with Crippen LogP contribution >= 0.6 is 0 Å². The van der Waals surface area contributed by atoms with Crippen LogP contribution in [0.2, 0.25) is 0 Å². The Morgan fingerprint density at radius 3 is 2.69 bits per heavy atom. The quantitative estimate of drug-likeness (QED) is 0.775. The summed E-state index contributed by atoms with van der Waals surface area (Å²) in [5, 5.41) is 3.58. The van der Waals surface area contributed by atoms with Crippen molar-refractivity contribution in [3.63, 3.8) is 0 Å². The molecule has 2 aliphatic rings. The van der Waals surface area contributed by atoms with Gasteiger partial charge in [0.15, 0.2) is 0 Å². The number of nitrogens with zero attached hydrogens (tertiary/aromatic N) is 1. The van der Waals surface area contributed by atoms with Crippen molar-refractivity contribution in [3.8, 4) is 0 Å². The number of rotatable bonds is 2. The van der Waals surface area contributed by atoms with E-state index < -0.39 is 0 Å². The second kappa shape index (κ2) is 6.02. The van der Waals surface area contributed by atoms with Crippen molar-refractivity contribution < 1.29 is 0 Å². The summed E-state index contributed by atoms with van der Waals surface area (Å²) in [7, 11) is 0. The average Bonchev–Trinajstić information content (AvgIpc) is 2.63. The summed E-state index contributed by atoms with van der Waals surface area (Å²) in [5.41, 5.74) is 0. The molecular weight excluding hydrogens is 196 g/mol. The maximum absolute atomic E-state index is 3.58. The van der Waals surface area contributed by atoms with E-state index in [-0.39, 0.29) is 0 Å². The predicted molar refractivity (Wildman–Crippen MR) is 69.6 cm³/mol. The van der Waals surface area contributed by atoms with Crippen molar-refractivity contribution in [2.24, 2.45) is 11.8 Å². The van der Waals surface area contributed by atoms with Crippen LogP contribution in [0.1, 0.15) is 46.0 Å². The van der Waals surface area contributed by atoms with Crippen LogP contribution in [0.3, 0.4) is 0 Å². The van der Waals surface area contributed by atoms with E-state index in [9.17, 15) is 0 Å². The minimum atomic E-state index is 0.712. The van der Waals surface area contributed by atoms with Crippen LogP contribution in [0.4, 0.5) is 0 Å². The standard InChI is InChI=1S/C14H28N2/c1-12-5-3-6-14(12)11-16-9-4-8-15-13(2)7-10-16/h12-15H,3-11H2,1-2H3. The van der Waals surface area contributed by atoms with Gasteiger partial charge in [0, 0.05) is 12.6 Å². The third-order valence-corrected chi connectivity index (χ3v) is 4.55. The van der Waals surface area contributed by atoms with E-state index in [4.69, 9.17) is 0 Å². The van der Waals surface area contributed by atoms with Gasteiger partial charge in [-0.25, -0.2) is 0 Å². The molecule has 1 saturated carbocycles. The van der Waals surface area contributed by atoms with Crippen LogP contribution in [0.5, 0.6) is 0 Å². The molecule has 3 unspecified atom stereocenters. The van der Waals surface area contributed by atoms with Crippen LogP contribution < -0.4 is 5.32 Å². The lowest BCUT2D eigenvalue weighted by Crippen LogP contribution is -2.40. The molecule has 1 saturated heterocycles. The van der Waals surface area contributed by atoms with Gasteiger partial charge in [-0.05, 0) is 57.7 Å². The second-order valence-electron chi connectivity index (χ2n) is 5.97. The smallest absolute Gasteiger partial charge is 0.00509 e. The van der Waals surface area contributed by atoms with Crippen molar-refractivity contribution in [3.05, 3.63) is 0 Å². The van der Waals surface area contributed by atoms with Gasteiger partial charge in [-0.3, -0.25) is 0 Å². The van der Waals surface area contributed by atoms with Crippen LogP contribution in [-0.2, 0) is 0 Å². The molecule has 0 bridgehead atoms. The highest BCUT2D eigenvalue weighted by atomic mass is 15.1. The van der Waals surface area contributed by atoms with E-state index in [2.05, 4.69) is 24.1 Å². The fourth-order valence-corrected chi connectivity index (χ4v) is 3.25. The lowest BCUT2D eigenvalue weighted by Gasteiger charge is -2.31. The Morgan fingerprint density at radius 2 is 1.94 bits per heavy atom. The maximum Gasteiger partial charge on any atom is 0.00509 e. The van der Waals surface area contributed by atoms with E-state index in [0.717, 1.165) is 11.8 Å². The molecule has 2 nitrogen and oxygen atoms in total. The first-order chi connectivity index (χ1) is 7.75. The van der Waals surface area contributed by atoms with Gasteiger partial charge in [0.1, 0.15) is 0 Å². The maximum atomic E-state index is 3.58. The molecule has 0 radical (unpaired) electrons. The monoisotopic (exact) mass is 224 g/mol. The van der Waals surface area contributed by atoms with Crippen LogP contribution in [0.15, 0.2) is 0 Å². The first-order valence-electron chi connectivity index (χ1n) is 7.21. The Balaban J connectivity index is 1.78. The lowest BCUT2D eigenvalue weighted by atomic mass is 9.97. The Bertz CT molecular complexity index is 205. The normalized spacial score (nSPS) is 38.2. The summed E-state index contributed by atoms with van der Waals surface area (Å²) in [6, 6.07) is 0.712.